The number of nitrogens with one attached hydrogen (secondary N) is 1. The standard InChI is InChI=1S/C14H20FNO/c15-13-6-2-1-5-12(13)14(17)10-11-4-3-8-16-9-7-11/h1-2,5-6,11,14,16-17H,3-4,7-10H2. The highest BCUT2D eigenvalue weighted by molar-refractivity contribution is 5.19. The number of hydrogen-bond acceptors (Lipinski definition) is 2. The minimum absolute atomic E-state index is 0.299. The number of rotatable bonds is 3. The Morgan fingerprint density at radius 2 is 2.12 bits per heavy atom. The second-order valence-electron chi connectivity index (χ2n) is 4.82. The van der Waals surface area contributed by atoms with Crippen LogP contribution in [0, 0.1) is 11.7 Å². The van der Waals surface area contributed by atoms with Gasteiger partial charge in [-0.25, -0.2) is 4.39 Å². The molecule has 2 N–H and O–H groups in total. The van der Waals surface area contributed by atoms with Gasteiger partial charge < -0.3 is 10.4 Å². The van der Waals surface area contributed by atoms with Gasteiger partial charge in [-0.05, 0) is 50.8 Å². The molecule has 3 heteroatoms. The molecule has 1 aliphatic rings. The first kappa shape index (κ1) is 12.5. The minimum atomic E-state index is -0.667. The highest BCUT2D eigenvalue weighted by Gasteiger charge is 2.19. The van der Waals surface area contributed by atoms with Crippen molar-refractivity contribution >= 4 is 0 Å². The molecule has 1 aliphatic heterocycles. The summed E-state index contributed by atoms with van der Waals surface area (Å²) in [5, 5.41) is 13.4. The van der Waals surface area contributed by atoms with Gasteiger partial charge in [0.15, 0.2) is 0 Å². The zero-order chi connectivity index (χ0) is 12.1. The number of halogens is 1. The van der Waals surface area contributed by atoms with E-state index in [0.717, 1.165) is 32.4 Å². The number of aliphatic hydroxyl groups excluding tert-OH is 1. The van der Waals surface area contributed by atoms with Gasteiger partial charge in [-0.15, -0.1) is 0 Å². The summed E-state index contributed by atoms with van der Waals surface area (Å²) < 4.78 is 13.5. The number of aliphatic hydroxyl groups is 1. The summed E-state index contributed by atoms with van der Waals surface area (Å²) in [5.41, 5.74) is 0.435. The summed E-state index contributed by atoms with van der Waals surface area (Å²) in [6.07, 6.45) is 3.35. The van der Waals surface area contributed by atoms with Crippen LogP contribution in [0.1, 0.15) is 37.4 Å². The molecular formula is C14H20FNO. The van der Waals surface area contributed by atoms with Crippen LogP contribution in [0.15, 0.2) is 24.3 Å². The van der Waals surface area contributed by atoms with E-state index >= 15 is 0 Å². The van der Waals surface area contributed by atoms with Crippen LogP contribution in [0.4, 0.5) is 4.39 Å². The molecule has 0 bridgehead atoms. The second-order valence-corrected chi connectivity index (χ2v) is 4.82. The van der Waals surface area contributed by atoms with Crippen LogP contribution in [0.5, 0.6) is 0 Å². The minimum Gasteiger partial charge on any atom is -0.388 e. The van der Waals surface area contributed by atoms with E-state index in [1.807, 2.05) is 0 Å². The first-order valence-electron chi connectivity index (χ1n) is 6.40. The topological polar surface area (TPSA) is 32.3 Å². The van der Waals surface area contributed by atoms with Crippen LogP contribution in [0.2, 0.25) is 0 Å². The van der Waals surface area contributed by atoms with Gasteiger partial charge in [0.1, 0.15) is 5.82 Å². The van der Waals surface area contributed by atoms with Crippen LogP contribution in [0.25, 0.3) is 0 Å². The molecule has 2 rings (SSSR count). The first-order chi connectivity index (χ1) is 8.27. The molecule has 0 aromatic heterocycles. The van der Waals surface area contributed by atoms with Gasteiger partial charge in [0.25, 0.3) is 0 Å². The van der Waals surface area contributed by atoms with E-state index in [-0.39, 0.29) is 5.82 Å². The molecule has 0 spiro atoms. The van der Waals surface area contributed by atoms with Gasteiger partial charge in [0.05, 0.1) is 6.10 Å². The fourth-order valence-electron chi connectivity index (χ4n) is 2.52. The maximum atomic E-state index is 13.5. The average molecular weight is 237 g/mol. The Hall–Kier alpha value is -0.930. The van der Waals surface area contributed by atoms with Crippen LogP contribution in [-0.4, -0.2) is 18.2 Å². The van der Waals surface area contributed by atoms with Gasteiger partial charge in [-0.2, -0.15) is 0 Å². The van der Waals surface area contributed by atoms with Crippen molar-refractivity contribution in [3.8, 4) is 0 Å². The Labute approximate surface area is 102 Å². The van der Waals surface area contributed by atoms with Gasteiger partial charge in [0, 0.05) is 5.56 Å². The highest BCUT2D eigenvalue weighted by Crippen LogP contribution is 2.28. The molecule has 2 atom stereocenters. The SMILES string of the molecule is OC(CC1CCCNCC1)c1ccccc1F. The van der Waals surface area contributed by atoms with Gasteiger partial charge in [-0.3, -0.25) is 0 Å². The molecule has 2 nitrogen and oxygen atoms in total. The summed E-state index contributed by atoms with van der Waals surface area (Å²) in [6, 6.07) is 6.51. The van der Waals surface area contributed by atoms with Crippen LogP contribution in [-0.2, 0) is 0 Å². The Morgan fingerprint density at radius 1 is 1.29 bits per heavy atom. The van der Waals surface area contributed by atoms with E-state index < -0.39 is 6.10 Å². The van der Waals surface area contributed by atoms with E-state index in [0.29, 0.717) is 17.9 Å². The summed E-state index contributed by atoms with van der Waals surface area (Å²) in [7, 11) is 0. The summed E-state index contributed by atoms with van der Waals surface area (Å²) in [4.78, 5) is 0. The third-order valence-corrected chi connectivity index (χ3v) is 3.52. The maximum absolute atomic E-state index is 13.5. The maximum Gasteiger partial charge on any atom is 0.128 e. The smallest absolute Gasteiger partial charge is 0.128 e. The van der Waals surface area contributed by atoms with Crippen LogP contribution in [0.3, 0.4) is 0 Å². The zero-order valence-corrected chi connectivity index (χ0v) is 10.0. The lowest BCUT2D eigenvalue weighted by Gasteiger charge is -2.18. The molecule has 0 radical (unpaired) electrons. The molecule has 1 aromatic rings. The van der Waals surface area contributed by atoms with Crippen molar-refractivity contribution in [3.63, 3.8) is 0 Å². The predicted molar refractivity (Wildman–Crippen MR) is 66.2 cm³/mol. The molecule has 0 saturated carbocycles. The summed E-state index contributed by atoms with van der Waals surface area (Å²) in [6.45, 7) is 2.07. The van der Waals surface area contributed by atoms with E-state index in [1.165, 1.54) is 6.07 Å². The molecule has 1 aromatic carbocycles. The predicted octanol–water partition coefficient (Wildman–Crippen LogP) is 2.64. The van der Waals surface area contributed by atoms with Crippen LogP contribution < -0.4 is 5.32 Å². The summed E-state index contributed by atoms with van der Waals surface area (Å²) in [5.74, 6) is 0.200. The van der Waals surface area contributed by atoms with E-state index in [2.05, 4.69) is 5.32 Å². The molecular weight excluding hydrogens is 217 g/mol. The first-order valence-corrected chi connectivity index (χ1v) is 6.40. The van der Waals surface area contributed by atoms with Crippen molar-refractivity contribution in [1.82, 2.24) is 5.32 Å². The third kappa shape index (κ3) is 3.51. The number of benzene rings is 1. The molecule has 0 amide bonds. The van der Waals surface area contributed by atoms with Crippen LogP contribution >= 0.6 is 0 Å². The largest absolute Gasteiger partial charge is 0.388 e. The van der Waals surface area contributed by atoms with Crippen molar-refractivity contribution in [2.45, 2.75) is 31.8 Å². The fourth-order valence-corrected chi connectivity index (χ4v) is 2.52. The summed E-state index contributed by atoms with van der Waals surface area (Å²) >= 11 is 0. The van der Waals surface area contributed by atoms with Crippen molar-refractivity contribution in [3.05, 3.63) is 35.6 Å². The normalized spacial score (nSPS) is 23.1. The Kier molecular flexibility index (Phi) is 4.51. The highest BCUT2D eigenvalue weighted by atomic mass is 19.1. The van der Waals surface area contributed by atoms with Crippen molar-refractivity contribution < 1.29 is 9.50 Å². The molecule has 2 unspecified atom stereocenters. The molecule has 1 fully saturated rings. The van der Waals surface area contributed by atoms with Gasteiger partial charge in [0.2, 0.25) is 0 Å². The fraction of sp³-hybridized carbons (Fsp3) is 0.571. The van der Waals surface area contributed by atoms with Crippen molar-refractivity contribution in [2.24, 2.45) is 5.92 Å². The Balaban J connectivity index is 1.96. The molecule has 1 saturated heterocycles. The van der Waals surface area contributed by atoms with E-state index in [1.54, 1.807) is 18.2 Å². The Morgan fingerprint density at radius 3 is 2.94 bits per heavy atom. The average Bonchev–Trinajstić information content (AvgIpc) is 2.58. The molecule has 17 heavy (non-hydrogen) atoms. The Bertz CT molecular complexity index is 348. The third-order valence-electron chi connectivity index (χ3n) is 3.52. The number of hydrogen-bond donors (Lipinski definition) is 2. The quantitative estimate of drug-likeness (QED) is 0.847. The van der Waals surface area contributed by atoms with Crippen molar-refractivity contribution in [1.29, 1.82) is 0 Å². The lowest BCUT2D eigenvalue weighted by atomic mass is 9.91. The lowest BCUT2D eigenvalue weighted by Crippen LogP contribution is -2.15. The van der Waals surface area contributed by atoms with Gasteiger partial charge >= 0.3 is 0 Å². The van der Waals surface area contributed by atoms with Crippen molar-refractivity contribution in [2.75, 3.05) is 13.1 Å². The van der Waals surface area contributed by atoms with E-state index in [4.69, 9.17) is 0 Å². The zero-order valence-electron chi connectivity index (χ0n) is 10.0. The molecule has 1 heterocycles. The van der Waals surface area contributed by atoms with E-state index in [9.17, 15) is 9.50 Å². The second kappa shape index (κ2) is 6.12. The molecule has 0 aliphatic carbocycles. The monoisotopic (exact) mass is 237 g/mol. The lowest BCUT2D eigenvalue weighted by molar-refractivity contribution is 0.136. The van der Waals surface area contributed by atoms with Gasteiger partial charge in [-0.1, -0.05) is 18.2 Å². The molecule has 94 valence electrons.